The number of carbonyl (C=O) groups is 2. The Balaban J connectivity index is 2.70. The number of hydrogen-bond acceptors (Lipinski definition) is 3. The van der Waals surface area contributed by atoms with Gasteiger partial charge in [0.05, 0.1) is 6.42 Å². The maximum atomic E-state index is 10.4. The lowest BCUT2D eigenvalue weighted by molar-refractivity contribution is -0.131. The molecule has 0 spiro atoms. The number of hydrogen-bond donors (Lipinski definition) is 1. The first-order chi connectivity index (χ1) is 3.72. The molecule has 0 atom stereocenters. The van der Waals surface area contributed by atoms with E-state index < -0.39 is 0 Å². The van der Waals surface area contributed by atoms with Gasteiger partial charge in [0.25, 0.3) is 0 Å². The lowest BCUT2D eigenvalue weighted by Gasteiger charge is -1.99. The highest BCUT2D eigenvalue weighted by atomic mass is 32.1. The van der Waals surface area contributed by atoms with Gasteiger partial charge in [0.15, 0.2) is 0 Å². The minimum atomic E-state index is -0.321. The third kappa shape index (κ3) is 0.709. The summed E-state index contributed by atoms with van der Waals surface area (Å²) < 4.78 is 0.806. The molecule has 3 nitrogen and oxygen atoms in total. The summed E-state index contributed by atoms with van der Waals surface area (Å²) in [6, 6.07) is 0. The number of amides is 2. The molecule has 1 radical (unpaired) electrons. The summed E-state index contributed by atoms with van der Waals surface area (Å²) in [6.07, 6.45) is 1.50. The molecule has 1 heterocycles. The van der Waals surface area contributed by atoms with Crippen LogP contribution in [0, 0.1) is 6.42 Å². The molecule has 0 N–H and O–H groups in total. The first-order valence-electron chi connectivity index (χ1n) is 2.11. The molecule has 1 aliphatic rings. The Kier molecular flexibility index (Phi) is 1.25. The van der Waals surface area contributed by atoms with Crippen molar-refractivity contribution < 1.29 is 9.59 Å². The number of thiol groups is 1. The molecule has 1 rings (SSSR count). The van der Waals surface area contributed by atoms with E-state index in [1.54, 1.807) is 0 Å². The highest BCUT2D eigenvalue weighted by molar-refractivity contribution is 7.79. The molecule has 0 aromatic carbocycles. The van der Waals surface area contributed by atoms with Gasteiger partial charge >= 0.3 is 0 Å². The second-order valence-electron chi connectivity index (χ2n) is 1.45. The van der Waals surface area contributed by atoms with Crippen LogP contribution in [0.3, 0.4) is 0 Å². The Morgan fingerprint density at radius 3 is 2.38 bits per heavy atom. The molecular formula is C4H4NO2S. The van der Waals surface area contributed by atoms with Crippen LogP contribution in [0.25, 0.3) is 0 Å². The van der Waals surface area contributed by atoms with E-state index in [1.807, 2.05) is 0 Å². The summed E-state index contributed by atoms with van der Waals surface area (Å²) in [4.78, 5) is 20.7. The van der Waals surface area contributed by atoms with Crippen molar-refractivity contribution in [3.05, 3.63) is 6.42 Å². The van der Waals surface area contributed by atoms with E-state index in [-0.39, 0.29) is 18.2 Å². The summed E-state index contributed by atoms with van der Waals surface area (Å²) in [5.41, 5.74) is 0. The second kappa shape index (κ2) is 1.78. The van der Waals surface area contributed by atoms with Crippen molar-refractivity contribution in [1.82, 2.24) is 4.31 Å². The monoisotopic (exact) mass is 130 g/mol. The van der Waals surface area contributed by atoms with Crippen molar-refractivity contribution in [2.75, 3.05) is 0 Å². The molecule has 4 heteroatoms. The average Bonchev–Trinajstić information content (AvgIpc) is 1.98. The van der Waals surface area contributed by atoms with Gasteiger partial charge in [0, 0.05) is 6.42 Å². The van der Waals surface area contributed by atoms with Gasteiger partial charge in [0.2, 0.25) is 11.8 Å². The SMILES string of the molecule is O=C1[CH]CC(=O)N1S. The molecule has 0 aromatic heterocycles. The zero-order chi connectivity index (χ0) is 6.15. The topological polar surface area (TPSA) is 37.4 Å². The van der Waals surface area contributed by atoms with Crippen molar-refractivity contribution >= 4 is 24.6 Å². The fourth-order valence-electron chi connectivity index (χ4n) is 0.470. The summed E-state index contributed by atoms with van der Waals surface area (Å²) in [5.74, 6) is -0.573. The van der Waals surface area contributed by atoms with Crippen molar-refractivity contribution in [3.63, 3.8) is 0 Å². The third-order valence-electron chi connectivity index (χ3n) is 0.896. The normalized spacial score (nSPS) is 20.4. The fourth-order valence-corrected chi connectivity index (χ4v) is 0.634. The molecule has 1 aliphatic heterocycles. The first kappa shape index (κ1) is 5.62. The van der Waals surface area contributed by atoms with E-state index in [0.717, 1.165) is 4.31 Å². The Morgan fingerprint density at radius 1 is 1.62 bits per heavy atom. The maximum absolute atomic E-state index is 10.4. The number of rotatable bonds is 0. The van der Waals surface area contributed by atoms with Crippen LogP contribution in [0.1, 0.15) is 6.42 Å². The average molecular weight is 130 g/mol. The standard InChI is InChI=1S/C4H4NO2S/c6-3-1-2-4(7)5(3)8/h1,8H,2H2. The Morgan fingerprint density at radius 2 is 2.25 bits per heavy atom. The van der Waals surface area contributed by atoms with Crippen LogP contribution in [-0.4, -0.2) is 16.1 Å². The van der Waals surface area contributed by atoms with Crippen molar-refractivity contribution in [3.8, 4) is 0 Å². The lowest BCUT2D eigenvalue weighted by Crippen LogP contribution is -2.17. The van der Waals surface area contributed by atoms with Crippen molar-refractivity contribution in [1.29, 1.82) is 0 Å². The predicted molar refractivity (Wildman–Crippen MR) is 29.8 cm³/mol. The molecular weight excluding hydrogens is 126 g/mol. The van der Waals surface area contributed by atoms with E-state index in [9.17, 15) is 9.59 Å². The van der Waals surface area contributed by atoms with E-state index in [1.165, 1.54) is 6.42 Å². The van der Waals surface area contributed by atoms with Crippen LogP contribution >= 0.6 is 12.8 Å². The second-order valence-corrected chi connectivity index (χ2v) is 1.85. The fraction of sp³-hybridized carbons (Fsp3) is 0.250. The molecule has 8 heavy (non-hydrogen) atoms. The maximum Gasteiger partial charge on any atom is 0.243 e. The van der Waals surface area contributed by atoms with E-state index in [2.05, 4.69) is 12.8 Å². The molecule has 1 fully saturated rings. The molecule has 0 bridgehead atoms. The molecule has 1 saturated heterocycles. The summed E-state index contributed by atoms with van der Waals surface area (Å²) >= 11 is 3.59. The third-order valence-corrected chi connectivity index (χ3v) is 1.32. The zero-order valence-corrected chi connectivity index (χ0v) is 4.89. The smallest absolute Gasteiger partial charge is 0.243 e. The quantitative estimate of drug-likeness (QED) is 0.364. The minimum Gasteiger partial charge on any atom is -0.273 e. The van der Waals surface area contributed by atoms with E-state index in [4.69, 9.17) is 0 Å². The summed E-state index contributed by atoms with van der Waals surface area (Å²) in [6.45, 7) is 0. The minimum absolute atomic E-state index is 0.197. The Labute approximate surface area is 52.2 Å². The van der Waals surface area contributed by atoms with Crippen LogP contribution in [0.4, 0.5) is 0 Å². The molecule has 0 saturated carbocycles. The summed E-state index contributed by atoms with van der Waals surface area (Å²) in [7, 11) is 0. The van der Waals surface area contributed by atoms with Gasteiger partial charge in [-0.1, -0.05) is 12.8 Å². The van der Waals surface area contributed by atoms with Crippen molar-refractivity contribution in [2.24, 2.45) is 0 Å². The largest absolute Gasteiger partial charge is 0.273 e. The highest BCUT2D eigenvalue weighted by Gasteiger charge is 2.25. The molecule has 2 amide bonds. The van der Waals surface area contributed by atoms with Gasteiger partial charge in [-0.05, 0) is 0 Å². The van der Waals surface area contributed by atoms with Gasteiger partial charge in [0.1, 0.15) is 0 Å². The van der Waals surface area contributed by atoms with Gasteiger partial charge in [-0.2, -0.15) is 0 Å². The highest BCUT2D eigenvalue weighted by Crippen LogP contribution is 2.11. The number of nitrogens with zero attached hydrogens (tertiary/aromatic N) is 1. The van der Waals surface area contributed by atoms with Gasteiger partial charge < -0.3 is 0 Å². The number of carbonyl (C=O) groups excluding carboxylic acids is 2. The lowest BCUT2D eigenvalue weighted by atomic mass is 10.4. The predicted octanol–water partition coefficient (Wildman–Crippen LogP) is -0.206. The van der Waals surface area contributed by atoms with Crippen LogP contribution in [0.2, 0.25) is 0 Å². The van der Waals surface area contributed by atoms with Crippen LogP contribution in [-0.2, 0) is 9.59 Å². The Bertz CT molecular complexity index is 129. The Hall–Kier alpha value is -0.510. The van der Waals surface area contributed by atoms with Crippen molar-refractivity contribution in [2.45, 2.75) is 6.42 Å². The van der Waals surface area contributed by atoms with Gasteiger partial charge in [-0.3, -0.25) is 9.59 Å². The molecule has 43 valence electrons. The first-order valence-corrected chi connectivity index (χ1v) is 2.51. The van der Waals surface area contributed by atoms with Crippen LogP contribution in [0.15, 0.2) is 0 Å². The molecule has 0 aromatic rings. The van der Waals surface area contributed by atoms with Gasteiger partial charge in [-0.25, -0.2) is 4.31 Å². The van der Waals surface area contributed by atoms with E-state index in [0.29, 0.717) is 0 Å². The van der Waals surface area contributed by atoms with E-state index >= 15 is 0 Å². The zero-order valence-electron chi connectivity index (χ0n) is 4.00. The molecule has 0 unspecified atom stereocenters. The van der Waals surface area contributed by atoms with Crippen LogP contribution < -0.4 is 0 Å². The van der Waals surface area contributed by atoms with Gasteiger partial charge in [-0.15, -0.1) is 0 Å². The van der Waals surface area contributed by atoms with Crippen LogP contribution in [0.5, 0.6) is 0 Å². The number of imide groups is 1. The molecule has 0 aliphatic carbocycles. The summed E-state index contributed by atoms with van der Waals surface area (Å²) in [5, 5.41) is 0.